The number of sulfonamides is 1. The molecule has 33 heavy (non-hydrogen) atoms. The summed E-state index contributed by atoms with van der Waals surface area (Å²) in [5.74, 6) is -1.40. The number of benzene rings is 3. The number of amides is 2. The van der Waals surface area contributed by atoms with Crippen molar-refractivity contribution in [1.82, 2.24) is 15.6 Å². The number of carbonyl (C=O) groups is 2. The van der Waals surface area contributed by atoms with Crippen LogP contribution in [0.25, 0.3) is 0 Å². The number of hydrogen-bond acceptors (Lipinski definition) is 6. The normalized spacial score (nSPS) is 11.5. The topological polar surface area (TPSA) is 139 Å². The van der Waals surface area contributed by atoms with E-state index in [2.05, 4.69) is 15.6 Å². The molecule has 0 radical (unpaired) electrons. The molecular formula is C22H21N3O6S2. The van der Waals surface area contributed by atoms with Crippen LogP contribution in [0, 0.1) is 0 Å². The summed E-state index contributed by atoms with van der Waals surface area (Å²) in [5.41, 5.74) is 5.34. The second-order valence-electron chi connectivity index (χ2n) is 7.04. The first-order valence-electron chi connectivity index (χ1n) is 9.61. The molecule has 3 aromatic rings. The highest BCUT2D eigenvalue weighted by molar-refractivity contribution is 7.90. The van der Waals surface area contributed by atoms with Crippen LogP contribution >= 0.6 is 0 Å². The highest BCUT2D eigenvalue weighted by atomic mass is 32.2. The molecule has 0 aliphatic carbocycles. The van der Waals surface area contributed by atoms with Crippen LogP contribution < -0.4 is 15.6 Å². The second-order valence-corrected chi connectivity index (χ2v) is 10.8. The van der Waals surface area contributed by atoms with Crippen molar-refractivity contribution in [2.24, 2.45) is 0 Å². The predicted molar refractivity (Wildman–Crippen MR) is 121 cm³/mol. The molecule has 9 nitrogen and oxygen atoms in total. The van der Waals surface area contributed by atoms with E-state index in [1.165, 1.54) is 48.5 Å². The zero-order valence-corrected chi connectivity index (χ0v) is 19.1. The molecule has 0 saturated heterocycles. The van der Waals surface area contributed by atoms with Gasteiger partial charge < -0.3 is 0 Å². The molecule has 172 valence electrons. The lowest BCUT2D eigenvalue weighted by Gasteiger charge is -2.10. The Morgan fingerprint density at radius 3 is 1.91 bits per heavy atom. The molecule has 0 saturated carbocycles. The average Bonchev–Trinajstić information content (AvgIpc) is 2.81. The molecule has 2 amide bonds. The number of sulfone groups is 1. The maximum Gasteiger partial charge on any atom is 0.269 e. The Bertz CT molecular complexity index is 1370. The molecule has 0 unspecified atom stereocenters. The van der Waals surface area contributed by atoms with Crippen molar-refractivity contribution in [3.8, 4) is 0 Å². The van der Waals surface area contributed by atoms with Gasteiger partial charge >= 0.3 is 0 Å². The largest absolute Gasteiger partial charge is 0.269 e. The molecule has 0 bridgehead atoms. The summed E-state index contributed by atoms with van der Waals surface area (Å²) in [6.07, 6.45) is 1.05. The van der Waals surface area contributed by atoms with Crippen LogP contribution in [0.5, 0.6) is 0 Å². The van der Waals surface area contributed by atoms with Gasteiger partial charge in [-0.25, -0.2) is 21.6 Å². The average molecular weight is 488 g/mol. The van der Waals surface area contributed by atoms with Crippen LogP contribution in [-0.4, -0.2) is 34.9 Å². The Balaban J connectivity index is 1.63. The summed E-state index contributed by atoms with van der Waals surface area (Å²) in [4.78, 5) is 24.6. The minimum absolute atomic E-state index is 0.0188. The molecule has 0 aliphatic rings. The van der Waals surface area contributed by atoms with Crippen molar-refractivity contribution < 1.29 is 26.4 Å². The van der Waals surface area contributed by atoms with Gasteiger partial charge in [0.2, 0.25) is 10.0 Å². The van der Waals surface area contributed by atoms with E-state index in [1.807, 2.05) is 6.07 Å². The molecular weight excluding hydrogens is 466 g/mol. The minimum atomic E-state index is -3.87. The summed E-state index contributed by atoms with van der Waals surface area (Å²) in [6, 6.07) is 19.5. The molecule has 11 heteroatoms. The Morgan fingerprint density at radius 2 is 1.30 bits per heavy atom. The van der Waals surface area contributed by atoms with Crippen LogP contribution in [0.4, 0.5) is 0 Å². The summed E-state index contributed by atoms with van der Waals surface area (Å²) in [6.45, 7) is 0.0910. The van der Waals surface area contributed by atoms with Crippen molar-refractivity contribution in [2.45, 2.75) is 16.3 Å². The van der Waals surface area contributed by atoms with E-state index in [1.54, 1.807) is 24.3 Å². The van der Waals surface area contributed by atoms with Gasteiger partial charge in [-0.2, -0.15) is 0 Å². The Hall–Kier alpha value is -3.54. The molecule has 3 rings (SSSR count). The van der Waals surface area contributed by atoms with E-state index in [9.17, 15) is 26.4 Å². The van der Waals surface area contributed by atoms with Crippen molar-refractivity contribution in [1.29, 1.82) is 0 Å². The van der Waals surface area contributed by atoms with Crippen molar-refractivity contribution in [2.75, 3.05) is 6.26 Å². The first kappa shape index (κ1) is 24.1. The molecule has 0 heterocycles. The van der Waals surface area contributed by atoms with Gasteiger partial charge in [0.15, 0.2) is 9.84 Å². The van der Waals surface area contributed by atoms with Crippen LogP contribution in [0.15, 0.2) is 88.7 Å². The van der Waals surface area contributed by atoms with Gasteiger partial charge in [0.05, 0.1) is 9.79 Å². The molecule has 0 spiro atoms. The lowest BCUT2D eigenvalue weighted by Crippen LogP contribution is -2.41. The van der Waals surface area contributed by atoms with Crippen LogP contribution in [0.2, 0.25) is 0 Å². The summed E-state index contributed by atoms with van der Waals surface area (Å²) in [7, 11) is -7.27. The number of nitrogens with one attached hydrogen (secondary N) is 3. The first-order chi connectivity index (χ1) is 15.6. The van der Waals surface area contributed by atoms with Gasteiger partial charge in [-0.05, 0) is 48.0 Å². The Kier molecular flexibility index (Phi) is 7.26. The third kappa shape index (κ3) is 6.48. The van der Waals surface area contributed by atoms with Gasteiger partial charge in [-0.1, -0.05) is 36.4 Å². The fourth-order valence-corrected chi connectivity index (χ4v) is 4.47. The van der Waals surface area contributed by atoms with E-state index in [0.717, 1.165) is 11.8 Å². The summed E-state index contributed by atoms with van der Waals surface area (Å²) >= 11 is 0. The van der Waals surface area contributed by atoms with Crippen molar-refractivity contribution in [3.05, 3.63) is 95.6 Å². The van der Waals surface area contributed by atoms with Gasteiger partial charge in [-0.3, -0.25) is 20.4 Å². The van der Waals surface area contributed by atoms with Crippen molar-refractivity contribution in [3.63, 3.8) is 0 Å². The van der Waals surface area contributed by atoms with Crippen molar-refractivity contribution >= 4 is 31.7 Å². The van der Waals surface area contributed by atoms with Gasteiger partial charge in [0.25, 0.3) is 11.8 Å². The number of hydrogen-bond donors (Lipinski definition) is 3. The van der Waals surface area contributed by atoms with Gasteiger partial charge in [0, 0.05) is 23.9 Å². The number of rotatable bonds is 7. The predicted octanol–water partition coefficient (Wildman–Crippen LogP) is 1.64. The van der Waals surface area contributed by atoms with E-state index in [4.69, 9.17) is 0 Å². The van der Waals surface area contributed by atoms with Crippen LogP contribution in [-0.2, 0) is 26.4 Å². The zero-order valence-electron chi connectivity index (χ0n) is 17.5. The quantitative estimate of drug-likeness (QED) is 0.433. The van der Waals surface area contributed by atoms with E-state index < -0.39 is 31.7 Å². The Morgan fingerprint density at radius 1 is 0.697 bits per heavy atom. The zero-order chi connectivity index (χ0) is 24.1. The van der Waals surface area contributed by atoms with Gasteiger partial charge in [0.1, 0.15) is 0 Å². The molecule has 3 aromatic carbocycles. The first-order valence-corrected chi connectivity index (χ1v) is 13.0. The SMILES string of the molecule is CS(=O)(=O)c1ccc(C(=O)NNC(=O)c2cccc(S(=O)(=O)NCc3ccccc3)c2)cc1. The molecule has 0 aliphatic heterocycles. The maximum absolute atomic E-state index is 12.6. The fraction of sp³-hybridized carbons (Fsp3) is 0.0909. The highest BCUT2D eigenvalue weighted by Crippen LogP contribution is 2.13. The maximum atomic E-state index is 12.6. The van der Waals surface area contributed by atoms with Crippen LogP contribution in [0.1, 0.15) is 26.3 Å². The second kappa shape index (κ2) is 9.94. The number of carbonyl (C=O) groups excluding carboxylic acids is 2. The minimum Gasteiger partial charge on any atom is -0.267 e. The molecule has 0 fully saturated rings. The third-order valence-electron chi connectivity index (χ3n) is 4.55. The lowest BCUT2D eigenvalue weighted by molar-refractivity contribution is 0.0846. The highest BCUT2D eigenvalue weighted by Gasteiger charge is 2.17. The smallest absolute Gasteiger partial charge is 0.267 e. The molecule has 0 aromatic heterocycles. The third-order valence-corrected chi connectivity index (χ3v) is 7.08. The van der Waals surface area contributed by atoms with E-state index in [0.29, 0.717) is 0 Å². The standard InChI is InChI=1S/C22H21N3O6S2/c1-32(28,29)19-12-10-17(11-13-19)21(26)24-25-22(27)18-8-5-9-20(14-18)33(30,31)23-15-16-6-3-2-4-7-16/h2-14,23H,15H2,1H3,(H,24,26)(H,25,27). The fourth-order valence-electron chi connectivity index (χ4n) is 2.77. The Labute approximate surface area is 191 Å². The number of hydrazine groups is 1. The van der Waals surface area contributed by atoms with Gasteiger partial charge in [-0.15, -0.1) is 0 Å². The summed E-state index contributed by atoms with van der Waals surface area (Å²) in [5, 5.41) is 0. The lowest BCUT2D eigenvalue weighted by atomic mass is 10.2. The molecule has 0 atom stereocenters. The van der Waals surface area contributed by atoms with E-state index >= 15 is 0 Å². The van der Waals surface area contributed by atoms with E-state index in [-0.39, 0.29) is 27.5 Å². The summed E-state index contributed by atoms with van der Waals surface area (Å²) < 4.78 is 50.6. The van der Waals surface area contributed by atoms with Crippen LogP contribution in [0.3, 0.4) is 0 Å². The molecule has 3 N–H and O–H groups in total. The monoisotopic (exact) mass is 487 g/mol.